The zero-order valence-corrected chi connectivity index (χ0v) is 15.3. The number of aryl methyl sites for hydroxylation is 1. The lowest BCUT2D eigenvalue weighted by Gasteiger charge is -2.24. The van der Waals surface area contributed by atoms with Crippen molar-refractivity contribution >= 4 is 5.91 Å². The highest BCUT2D eigenvalue weighted by molar-refractivity contribution is 5.92. The molecule has 136 valence electrons. The van der Waals surface area contributed by atoms with Crippen LogP contribution in [-0.2, 0) is 24.9 Å². The zero-order chi connectivity index (χ0) is 17.8. The summed E-state index contributed by atoms with van der Waals surface area (Å²) in [5, 5.41) is 4.41. The van der Waals surface area contributed by atoms with Crippen LogP contribution in [0.25, 0.3) is 0 Å². The van der Waals surface area contributed by atoms with Gasteiger partial charge >= 0.3 is 0 Å². The van der Waals surface area contributed by atoms with E-state index in [0.717, 1.165) is 18.8 Å². The van der Waals surface area contributed by atoms with Crippen molar-refractivity contribution in [3.63, 3.8) is 0 Å². The van der Waals surface area contributed by atoms with E-state index in [1.807, 2.05) is 59.7 Å². The molecule has 0 saturated heterocycles. The number of carbonyl (C=O) groups is 1. The molecule has 0 bridgehead atoms. The van der Waals surface area contributed by atoms with Gasteiger partial charge < -0.3 is 19.1 Å². The van der Waals surface area contributed by atoms with Crippen molar-refractivity contribution in [2.75, 3.05) is 40.4 Å². The van der Waals surface area contributed by atoms with E-state index in [1.165, 1.54) is 0 Å². The summed E-state index contributed by atoms with van der Waals surface area (Å²) in [6.45, 7) is 4.26. The predicted molar refractivity (Wildman–Crippen MR) is 95.2 cm³/mol. The predicted octanol–water partition coefficient (Wildman–Crippen LogP) is 1.07. The smallest absolute Gasteiger partial charge is 0.270 e. The molecule has 25 heavy (non-hydrogen) atoms. The summed E-state index contributed by atoms with van der Waals surface area (Å²) >= 11 is 0. The van der Waals surface area contributed by atoms with Crippen molar-refractivity contribution in [3.8, 4) is 0 Å². The lowest BCUT2D eigenvalue weighted by Crippen LogP contribution is -2.36. The van der Waals surface area contributed by atoms with Gasteiger partial charge in [0.15, 0.2) is 0 Å². The van der Waals surface area contributed by atoms with Crippen LogP contribution in [0.1, 0.15) is 16.2 Å². The van der Waals surface area contributed by atoms with E-state index in [9.17, 15) is 4.79 Å². The molecule has 3 rings (SSSR count). The van der Waals surface area contributed by atoms with Gasteiger partial charge in [0.05, 0.1) is 25.5 Å². The molecule has 0 N–H and O–H groups in total. The normalized spacial score (nSPS) is 17.6. The van der Waals surface area contributed by atoms with Gasteiger partial charge in [0.25, 0.3) is 5.91 Å². The van der Waals surface area contributed by atoms with E-state index in [4.69, 9.17) is 4.74 Å². The van der Waals surface area contributed by atoms with Gasteiger partial charge in [-0.2, -0.15) is 5.10 Å². The average Bonchev–Trinajstić information content (AvgIpc) is 3.15. The largest absolute Gasteiger partial charge is 0.380 e. The molecule has 0 unspecified atom stereocenters. The first-order chi connectivity index (χ1) is 12.0. The van der Waals surface area contributed by atoms with E-state index in [2.05, 4.69) is 10.00 Å². The van der Waals surface area contributed by atoms with Crippen molar-refractivity contribution in [1.29, 1.82) is 0 Å². The number of carbonyl (C=O) groups excluding carboxylic acids is 1. The number of fused-ring (bicyclic) bond motifs is 1. The molecule has 1 aliphatic heterocycles. The van der Waals surface area contributed by atoms with Crippen LogP contribution in [0.15, 0.2) is 30.6 Å². The Morgan fingerprint density at radius 2 is 2.20 bits per heavy atom. The fourth-order valence-corrected chi connectivity index (χ4v) is 3.14. The van der Waals surface area contributed by atoms with Gasteiger partial charge in [0.1, 0.15) is 5.69 Å². The number of likely N-dealkylation sites (N-methyl/N-ethyl adjacent to an activating group) is 1. The number of nitrogens with zero attached hydrogens (tertiary/aromatic N) is 5. The third-order valence-corrected chi connectivity index (χ3v) is 4.55. The minimum absolute atomic E-state index is 0.0560. The van der Waals surface area contributed by atoms with Crippen LogP contribution in [0.5, 0.6) is 0 Å². The number of rotatable bonds is 6. The number of ether oxygens (including phenoxy) is 1. The number of hydrogen-bond acceptors (Lipinski definition) is 4. The molecular weight excluding hydrogens is 318 g/mol. The molecule has 0 fully saturated rings. The Kier molecular flexibility index (Phi) is 5.55. The van der Waals surface area contributed by atoms with Gasteiger partial charge in [-0.1, -0.05) is 0 Å². The second kappa shape index (κ2) is 7.84. The minimum atomic E-state index is 0.0560. The molecular formula is C18H27N5O2. The highest BCUT2D eigenvalue weighted by Crippen LogP contribution is 2.18. The van der Waals surface area contributed by atoms with Gasteiger partial charge in [-0.05, 0) is 32.3 Å². The van der Waals surface area contributed by atoms with Gasteiger partial charge in [-0.15, -0.1) is 0 Å². The maximum atomic E-state index is 13.0. The second-order valence-corrected chi connectivity index (χ2v) is 6.94. The first-order valence-electron chi connectivity index (χ1n) is 8.68. The van der Waals surface area contributed by atoms with E-state index in [-0.39, 0.29) is 11.8 Å². The van der Waals surface area contributed by atoms with Crippen molar-refractivity contribution in [3.05, 3.63) is 42.0 Å². The van der Waals surface area contributed by atoms with Crippen LogP contribution >= 0.6 is 0 Å². The average molecular weight is 345 g/mol. The van der Waals surface area contributed by atoms with E-state index < -0.39 is 0 Å². The molecule has 7 heteroatoms. The summed E-state index contributed by atoms with van der Waals surface area (Å²) < 4.78 is 9.71. The first-order valence-corrected chi connectivity index (χ1v) is 8.68. The second-order valence-electron chi connectivity index (χ2n) is 6.94. The van der Waals surface area contributed by atoms with Crippen molar-refractivity contribution in [2.24, 2.45) is 13.0 Å². The fraction of sp³-hybridized carbons (Fsp3) is 0.556. The van der Waals surface area contributed by atoms with E-state index >= 15 is 0 Å². The van der Waals surface area contributed by atoms with Crippen molar-refractivity contribution < 1.29 is 9.53 Å². The Morgan fingerprint density at radius 3 is 2.92 bits per heavy atom. The molecule has 3 heterocycles. The summed E-state index contributed by atoms with van der Waals surface area (Å²) in [6, 6.07) is 5.75. The Labute approximate surface area is 148 Å². The molecule has 0 radical (unpaired) electrons. The zero-order valence-electron chi connectivity index (χ0n) is 15.3. The van der Waals surface area contributed by atoms with Gasteiger partial charge in [0, 0.05) is 45.0 Å². The fourth-order valence-electron chi connectivity index (χ4n) is 3.14. The van der Waals surface area contributed by atoms with Crippen LogP contribution in [0, 0.1) is 5.92 Å². The van der Waals surface area contributed by atoms with Crippen LogP contribution in [-0.4, -0.2) is 70.5 Å². The summed E-state index contributed by atoms with van der Waals surface area (Å²) in [4.78, 5) is 17.0. The molecule has 7 nitrogen and oxygen atoms in total. The molecule has 2 aromatic rings. The maximum Gasteiger partial charge on any atom is 0.270 e. The molecule has 2 aromatic heterocycles. The summed E-state index contributed by atoms with van der Waals surface area (Å²) in [7, 11) is 5.97. The van der Waals surface area contributed by atoms with Crippen molar-refractivity contribution in [1.82, 2.24) is 24.1 Å². The molecule has 0 spiro atoms. The Morgan fingerprint density at radius 1 is 1.36 bits per heavy atom. The van der Waals surface area contributed by atoms with Crippen molar-refractivity contribution in [2.45, 2.75) is 13.1 Å². The topological polar surface area (TPSA) is 55.5 Å². The number of aromatic nitrogens is 3. The lowest BCUT2D eigenvalue weighted by molar-refractivity contribution is 0.0554. The third kappa shape index (κ3) is 4.29. The summed E-state index contributed by atoms with van der Waals surface area (Å²) in [6.07, 6.45) is 3.70. The first kappa shape index (κ1) is 17.7. The number of hydrogen-bond donors (Lipinski definition) is 0. The van der Waals surface area contributed by atoms with Gasteiger partial charge in [-0.3, -0.25) is 9.48 Å². The lowest BCUT2D eigenvalue weighted by atomic mass is 10.1. The molecule has 0 aromatic carbocycles. The SMILES string of the molecule is CN(C)CCOC[C@@H]1CN(C(=O)c2cccn2C)Cc2ccnn2C1. The Hall–Kier alpha value is -2.12. The van der Waals surface area contributed by atoms with Crippen LogP contribution < -0.4 is 0 Å². The minimum Gasteiger partial charge on any atom is -0.380 e. The molecule has 1 atom stereocenters. The number of amides is 1. The maximum absolute atomic E-state index is 13.0. The third-order valence-electron chi connectivity index (χ3n) is 4.55. The Bertz CT molecular complexity index is 706. The monoisotopic (exact) mass is 345 g/mol. The van der Waals surface area contributed by atoms with Gasteiger partial charge in [-0.25, -0.2) is 0 Å². The molecule has 0 aliphatic carbocycles. The van der Waals surface area contributed by atoms with E-state index in [1.54, 1.807) is 6.20 Å². The molecule has 1 amide bonds. The van der Waals surface area contributed by atoms with Crippen LogP contribution in [0.3, 0.4) is 0 Å². The Balaban J connectivity index is 1.70. The van der Waals surface area contributed by atoms with Gasteiger partial charge in [0.2, 0.25) is 0 Å². The quantitative estimate of drug-likeness (QED) is 0.735. The molecule has 0 saturated carbocycles. The highest BCUT2D eigenvalue weighted by Gasteiger charge is 2.27. The van der Waals surface area contributed by atoms with Crippen LogP contribution in [0.4, 0.5) is 0 Å². The summed E-state index contributed by atoms with van der Waals surface area (Å²) in [5.41, 5.74) is 1.78. The summed E-state index contributed by atoms with van der Waals surface area (Å²) in [5.74, 6) is 0.285. The standard InChI is InChI=1S/C18H27N5O2/c1-20(2)9-10-25-14-15-11-22(13-16-6-7-19-23(16)12-15)18(24)17-5-4-8-21(17)3/h4-8,15H,9-14H2,1-3H3/t15-/m1/s1. The molecule has 1 aliphatic rings. The van der Waals surface area contributed by atoms with E-state index in [0.29, 0.717) is 32.0 Å². The highest BCUT2D eigenvalue weighted by atomic mass is 16.5. The van der Waals surface area contributed by atoms with Crippen LogP contribution in [0.2, 0.25) is 0 Å².